The minimum absolute atomic E-state index is 0. The Kier molecular flexibility index (Phi) is 9.43. The SMILES string of the molecule is S.[C-]#[N+]CC1CN(c2nc(OC[C@@H]3CCCN3C)nc3c2CCN(c2cccc4ccc(C)cc24)C3)CCN1C(=O)C=C. The molecule has 4 heterocycles. The van der Waals surface area contributed by atoms with Crippen molar-refractivity contribution in [1.29, 1.82) is 0 Å². The molecule has 1 aromatic heterocycles. The number of aromatic nitrogens is 2. The number of piperazine rings is 1. The molecule has 0 aliphatic carbocycles. The number of nitrogens with zero attached hydrogens (tertiary/aromatic N) is 7. The summed E-state index contributed by atoms with van der Waals surface area (Å²) in [7, 11) is 2.14. The van der Waals surface area contributed by atoms with E-state index in [1.54, 1.807) is 4.90 Å². The molecule has 0 spiro atoms. The van der Waals surface area contributed by atoms with Gasteiger partial charge in [-0.1, -0.05) is 36.4 Å². The van der Waals surface area contributed by atoms with Gasteiger partial charge in [-0.05, 0) is 63.4 Å². The maximum atomic E-state index is 12.5. The second kappa shape index (κ2) is 13.2. The quantitative estimate of drug-likeness (QED) is 0.298. The lowest BCUT2D eigenvalue weighted by Crippen LogP contribution is -2.56. The molecule has 43 heavy (non-hydrogen) atoms. The Morgan fingerprint density at radius 2 is 2.00 bits per heavy atom. The van der Waals surface area contributed by atoms with E-state index in [-0.39, 0.29) is 32.0 Å². The third-order valence-corrected chi connectivity index (χ3v) is 9.00. The Hall–Kier alpha value is -3.81. The molecule has 0 N–H and O–H groups in total. The van der Waals surface area contributed by atoms with Crippen LogP contribution in [-0.4, -0.2) is 90.7 Å². The van der Waals surface area contributed by atoms with Crippen molar-refractivity contribution in [2.45, 2.75) is 44.8 Å². The van der Waals surface area contributed by atoms with Crippen molar-refractivity contribution in [3.05, 3.63) is 77.3 Å². The number of likely N-dealkylation sites (tertiary alicyclic amines) is 1. The standard InChI is InChI=1S/C33H39N7O2.H2S/c1-5-31(41)40-17-16-39(20-26(40)19-34-3)32-27-13-15-38(30-10-6-8-24-12-11-23(2)18-28(24)30)21-29(27)35-33(36-32)42-22-25-9-7-14-37(25)4;/h5-6,8,10-12,18,25-26H,1,7,9,13-17,19-22H2,2,4H3;1H2/t25-,26?;/m0./s1. The minimum Gasteiger partial charge on any atom is -0.462 e. The Morgan fingerprint density at radius 3 is 2.77 bits per heavy atom. The van der Waals surface area contributed by atoms with Gasteiger partial charge in [0, 0.05) is 48.9 Å². The molecule has 9 nitrogen and oxygen atoms in total. The highest BCUT2D eigenvalue weighted by Crippen LogP contribution is 2.35. The smallest absolute Gasteiger partial charge is 0.318 e. The molecule has 0 saturated carbocycles. The van der Waals surface area contributed by atoms with Gasteiger partial charge >= 0.3 is 6.01 Å². The highest BCUT2D eigenvalue weighted by atomic mass is 32.1. The van der Waals surface area contributed by atoms with Crippen LogP contribution in [-0.2, 0) is 17.8 Å². The number of ether oxygens (including phenoxy) is 1. The Balaban J connectivity index is 0.00000368. The number of carbonyl (C=O) groups is 1. The molecule has 2 atom stereocenters. The second-order valence-corrected chi connectivity index (χ2v) is 11.7. The van der Waals surface area contributed by atoms with Gasteiger partial charge in [-0.2, -0.15) is 23.5 Å². The first-order valence-corrected chi connectivity index (χ1v) is 14.9. The van der Waals surface area contributed by atoms with Gasteiger partial charge in [-0.25, -0.2) is 6.57 Å². The van der Waals surface area contributed by atoms with Crippen LogP contribution < -0.4 is 14.5 Å². The van der Waals surface area contributed by atoms with Crippen molar-refractivity contribution in [3.63, 3.8) is 0 Å². The summed E-state index contributed by atoms with van der Waals surface area (Å²) in [4.78, 5) is 34.9. The second-order valence-electron chi connectivity index (χ2n) is 11.7. The summed E-state index contributed by atoms with van der Waals surface area (Å²) >= 11 is 0. The van der Waals surface area contributed by atoms with Gasteiger partial charge in [0.15, 0.2) is 0 Å². The molecule has 3 aromatic rings. The van der Waals surface area contributed by atoms with Crippen LogP contribution in [0.3, 0.4) is 0 Å². The van der Waals surface area contributed by atoms with Crippen LogP contribution in [0, 0.1) is 13.5 Å². The first-order valence-electron chi connectivity index (χ1n) is 14.9. The Bertz CT molecular complexity index is 1540. The van der Waals surface area contributed by atoms with Crippen molar-refractivity contribution >= 4 is 41.7 Å². The number of aryl methyl sites for hydroxylation is 1. The Morgan fingerprint density at radius 1 is 1.14 bits per heavy atom. The van der Waals surface area contributed by atoms with Crippen LogP contribution in [0.2, 0.25) is 0 Å². The van der Waals surface area contributed by atoms with Gasteiger partial charge in [0.25, 0.3) is 0 Å². The van der Waals surface area contributed by atoms with Crippen LogP contribution in [0.15, 0.2) is 49.1 Å². The van der Waals surface area contributed by atoms with E-state index >= 15 is 0 Å². The zero-order valence-corrected chi connectivity index (χ0v) is 26.1. The van der Waals surface area contributed by atoms with Crippen molar-refractivity contribution < 1.29 is 9.53 Å². The number of likely N-dealkylation sites (N-methyl/N-ethyl adjacent to an activating group) is 1. The first kappa shape index (κ1) is 30.6. The maximum absolute atomic E-state index is 12.5. The van der Waals surface area contributed by atoms with E-state index in [1.165, 1.54) is 34.5 Å². The van der Waals surface area contributed by atoms with Crippen LogP contribution in [0.1, 0.15) is 29.7 Å². The number of carbonyl (C=O) groups excluding carboxylic acids is 1. The van der Waals surface area contributed by atoms with Crippen molar-refractivity contribution in [3.8, 4) is 6.01 Å². The molecule has 2 saturated heterocycles. The lowest BCUT2D eigenvalue weighted by Gasteiger charge is -2.41. The molecule has 3 aliphatic rings. The van der Waals surface area contributed by atoms with Crippen molar-refractivity contribution in [2.24, 2.45) is 0 Å². The Labute approximate surface area is 261 Å². The fourth-order valence-corrected chi connectivity index (χ4v) is 6.64. The molecular weight excluding hydrogens is 558 g/mol. The van der Waals surface area contributed by atoms with E-state index in [1.807, 2.05) is 0 Å². The van der Waals surface area contributed by atoms with E-state index in [2.05, 4.69) is 76.5 Å². The van der Waals surface area contributed by atoms with Gasteiger partial charge in [0.2, 0.25) is 12.5 Å². The first-order chi connectivity index (χ1) is 20.4. The van der Waals surface area contributed by atoms with E-state index in [4.69, 9.17) is 21.3 Å². The molecule has 2 aromatic carbocycles. The summed E-state index contributed by atoms with van der Waals surface area (Å²) < 4.78 is 6.30. The zero-order valence-electron chi connectivity index (χ0n) is 25.1. The third kappa shape index (κ3) is 6.29. The number of rotatable bonds is 7. The zero-order chi connectivity index (χ0) is 29.2. The lowest BCUT2D eigenvalue weighted by atomic mass is 10.0. The topological polar surface area (TPSA) is 69.4 Å². The van der Waals surface area contributed by atoms with Gasteiger partial charge in [0.05, 0.1) is 12.2 Å². The molecule has 0 bridgehead atoms. The molecule has 226 valence electrons. The van der Waals surface area contributed by atoms with E-state index in [0.29, 0.717) is 44.8 Å². The van der Waals surface area contributed by atoms with Gasteiger partial charge in [0.1, 0.15) is 18.5 Å². The predicted molar refractivity (Wildman–Crippen MR) is 176 cm³/mol. The summed E-state index contributed by atoms with van der Waals surface area (Å²) in [6, 6.07) is 13.7. The highest BCUT2D eigenvalue weighted by Gasteiger charge is 2.35. The normalized spacial score (nSPS) is 20.3. The van der Waals surface area contributed by atoms with Crippen LogP contribution in [0.4, 0.5) is 11.5 Å². The summed E-state index contributed by atoms with van der Waals surface area (Å²) in [5.74, 6) is 0.752. The maximum Gasteiger partial charge on any atom is 0.318 e. The number of anilines is 2. The predicted octanol–water partition coefficient (Wildman–Crippen LogP) is 4.21. The summed E-state index contributed by atoms with van der Waals surface area (Å²) in [6.45, 7) is 18.4. The summed E-state index contributed by atoms with van der Waals surface area (Å²) in [5.41, 5.74) is 4.58. The average Bonchev–Trinajstić information content (AvgIpc) is 3.43. The highest BCUT2D eigenvalue weighted by molar-refractivity contribution is 7.59. The monoisotopic (exact) mass is 599 g/mol. The molecule has 2 fully saturated rings. The molecule has 0 radical (unpaired) electrons. The molecular formula is C33H41N7O2S. The van der Waals surface area contributed by atoms with Gasteiger partial charge < -0.3 is 29.2 Å². The average molecular weight is 600 g/mol. The fourth-order valence-electron chi connectivity index (χ4n) is 6.64. The fraction of sp³-hybridized carbons (Fsp3) is 0.455. The van der Waals surface area contributed by atoms with Crippen LogP contribution in [0.25, 0.3) is 15.6 Å². The third-order valence-electron chi connectivity index (χ3n) is 9.00. The molecule has 3 aliphatic heterocycles. The molecule has 1 amide bonds. The van der Waals surface area contributed by atoms with E-state index < -0.39 is 0 Å². The largest absolute Gasteiger partial charge is 0.462 e. The number of benzene rings is 2. The van der Waals surface area contributed by atoms with E-state index in [9.17, 15) is 4.79 Å². The molecule has 10 heteroatoms. The minimum atomic E-state index is -0.220. The van der Waals surface area contributed by atoms with Crippen LogP contribution in [0.5, 0.6) is 6.01 Å². The van der Waals surface area contributed by atoms with Crippen molar-refractivity contribution in [2.75, 3.05) is 62.7 Å². The van der Waals surface area contributed by atoms with Crippen LogP contribution >= 0.6 is 13.5 Å². The number of hydrogen-bond acceptors (Lipinski definition) is 7. The van der Waals surface area contributed by atoms with E-state index in [0.717, 1.165) is 43.0 Å². The molecule has 1 unspecified atom stereocenters. The van der Waals surface area contributed by atoms with Gasteiger partial charge in [-0.3, -0.25) is 4.79 Å². The summed E-state index contributed by atoms with van der Waals surface area (Å²) in [5, 5.41) is 2.48. The molecule has 6 rings (SSSR count). The number of fused-ring (bicyclic) bond motifs is 2. The van der Waals surface area contributed by atoms with Crippen molar-refractivity contribution in [1.82, 2.24) is 19.8 Å². The van der Waals surface area contributed by atoms with Gasteiger partial charge in [-0.15, -0.1) is 0 Å². The number of hydrogen-bond donors (Lipinski definition) is 0. The number of amides is 1. The summed E-state index contributed by atoms with van der Waals surface area (Å²) in [6.07, 6.45) is 4.43. The lowest BCUT2D eigenvalue weighted by molar-refractivity contribution is -0.128.